The Bertz CT molecular complexity index is 945. The highest BCUT2D eigenvalue weighted by molar-refractivity contribution is 5.79. The molecule has 0 unspecified atom stereocenters. The second kappa shape index (κ2) is 9.59. The minimum atomic E-state index is 0.173. The molecule has 1 aliphatic heterocycles. The van der Waals surface area contributed by atoms with Crippen LogP contribution in [0.4, 0.5) is 0 Å². The van der Waals surface area contributed by atoms with E-state index in [9.17, 15) is 4.79 Å². The number of carbonyl (C=O) groups is 1. The molecule has 6 heteroatoms. The number of nitrogens with zero attached hydrogens (tertiary/aromatic N) is 3. The first-order valence-electron chi connectivity index (χ1n) is 10.4. The van der Waals surface area contributed by atoms with Gasteiger partial charge in [-0.3, -0.25) is 9.69 Å². The van der Waals surface area contributed by atoms with Gasteiger partial charge in [-0.25, -0.2) is 4.98 Å². The highest BCUT2D eigenvalue weighted by atomic mass is 16.5. The number of ether oxygens (including phenoxy) is 1. The predicted octanol–water partition coefficient (Wildman–Crippen LogP) is 3.63. The number of oxazole rings is 1. The van der Waals surface area contributed by atoms with Gasteiger partial charge in [0.1, 0.15) is 12.0 Å². The summed E-state index contributed by atoms with van der Waals surface area (Å²) in [5.74, 6) is 1.66. The minimum Gasteiger partial charge on any atom is -0.494 e. The maximum Gasteiger partial charge on any atom is 0.227 e. The number of aromatic nitrogens is 1. The van der Waals surface area contributed by atoms with Crippen molar-refractivity contribution in [3.8, 4) is 17.2 Å². The molecule has 1 aromatic heterocycles. The van der Waals surface area contributed by atoms with Gasteiger partial charge >= 0.3 is 0 Å². The summed E-state index contributed by atoms with van der Waals surface area (Å²) in [7, 11) is 0. The topological polar surface area (TPSA) is 58.8 Å². The van der Waals surface area contributed by atoms with Crippen LogP contribution in [-0.2, 0) is 17.8 Å². The molecule has 0 spiro atoms. The summed E-state index contributed by atoms with van der Waals surface area (Å²) < 4.78 is 11.1. The standard InChI is InChI=1S/C24H27N3O3/c1-2-29-22-10-8-19(9-11-22)16-23(28)27-14-12-26(13-15-27)17-21-18-30-24(25-21)20-6-4-3-5-7-20/h3-11,18H,2,12-17H2,1H3. The normalized spacial score (nSPS) is 14.6. The van der Waals surface area contributed by atoms with Crippen molar-refractivity contribution in [3.63, 3.8) is 0 Å². The van der Waals surface area contributed by atoms with Crippen LogP contribution in [0.25, 0.3) is 11.5 Å². The summed E-state index contributed by atoms with van der Waals surface area (Å²) in [6, 6.07) is 17.7. The summed E-state index contributed by atoms with van der Waals surface area (Å²) in [5.41, 5.74) is 2.92. The smallest absolute Gasteiger partial charge is 0.227 e. The van der Waals surface area contributed by atoms with Crippen LogP contribution in [0.3, 0.4) is 0 Å². The van der Waals surface area contributed by atoms with Crippen LogP contribution in [0.15, 0.2) is 65.3 Å². The average Bonchev–Trinajstić information content (AvgIpc) is 3.25. The molecule has 0 bridgehead atoms. The molecule has 0 radical (unpaired) electrons. The van der Waals surface area contributed by atoms with E-state index in [1.54, 1.807) is 6.26 Å². The van der Waals surface area contributed by atoms with Gasteiger partial charge in [0.25, 0.3) is 0 Å². The van der Waals surface area contributed by atoms with Gasteiger partial charge in [0.15, 0.2) is 0 Å². The van der Waals surface area contributed by atoms with Crippen LogP contribution in [0.5, 0.6) is 5.75 Å². The molecular formula is C24H27N3O3. The average molecular weight is 405 g/mol. The molecule has 156 valence electrons. The van der Waals surface area contributed by atoms with Crippen molar-refractivity contribution in [3.05, 3.63) is 72.1 Å². The molecule has 3 aromatic rings. The van der Waals surface area contributed by atoms with Gasteiger partial charge in [-0.2, -0.15) is 0 Å². The minimum absolute atomic E-state index is 0.173. The van der Waals surface area contributed by atoms with Gasteiger partial charge in [-0.15, -0.1) is 0 Å². The number of hydrogen-bond donors (Lipinski definition) is 0. The van der Waals surface area contributed by atoms with Crippen LogP contribution >= 0.6 is 0 Å². The van der Waals surface area contributed by atoms with Crippen LogP contribution in [0, 0.1) is 0 Å². The van der Waals surface area contributed by atoms with Crippen LogP contribution in [-0.4, -0.2) is 53.5 Å². The van der Waals surface area contributed by atoms with E-state index in [1.165, 1.54) is 0 Å². The first-order chi connectivity index (χ1) is 14.7. The van der Waals surface area contributed by atoms with Crippen molar-refractivity contribution in [1.29, 1.82) is 0 Å². The Morgan fingerprint density at radius 3 is 2.47 bits per heavy atom. The summed E-state index contributed by atoms with van der Waals surface area (Å²) in [5, 5.41) is 0. The maximum absolute atomic E-state index is 12.7. The third-order valence-corrected chi connectivity index (χ3v) is 5.27. The Kier molecular flexibility index (Phi) is 6.44. The van der Waals surface area contributed by atoms with Gasteiger partial charge in [0.05, 0.1) is 18.7 Å². The molecule has 0 aliphatic carbocycles. The lowest BCUT2D eigenvalue weighted by Crippen LogP contribution is -2.48. The quantitative estimate of drug-likeness (QED) is 0.601. The number of hydrogen-bond acceptors (Lipinski definition) is 5. The molecule has 1 saturated heterocycles. The van der Waals surface area contributed by atoms with E-state index in [4.69, 9.17) is 9.15 Å². The van der Waals surface area contributed by atoms with Gasteiger partial charge in [0, 0.05) is 38.3 Å². The van der Waals surface area contributed by atoms with E-state index in [1.807, 2.05) is 66.4 Å². The molecule has 0 atom stereocenters. The Morgan fingerprint density at radius 1 is 1.03 bits per heavy atom. The SMILES string of the molecule is CCOc1ccc(CC(=O)N2CCN(Cc3coc(-c4ccccc4)n3)CC2)cc1. The molecule has 4 rings (SSSR count). The van der Waals surface area contributed by atoms with Gasteiger partial charge in [0.2, 0.25) is 11.8 Å². The molecular weight excluding hydrogens is 378 g/mol. The summed E-state index contributed by atoms with van der Waals surface area (Å²) in [4.78, 5) is 21.5. The monoisotopic (exact) mass is 405 g/mol. The Hall–Kier alpha value is -3.12. The summed E-state index contributed by atoms with van der Waals surface area (Å²) in [6.45, 7) is 6.48. The van der Waals surface area contributed by atoms with Crippen LogP contribution < -0.4 is 4.74 Å². The molecule has 1 amide bonds. The first-order valence-corrected chi connectivity index (χ1v) is 10.4. The van der Waals surface area contributed by atoms with E-state index in [-0.39, 0.29) is 5.91 Å². The fourth-order valence-corrected chi connectivity index (χ4v) is 3.63. The lowest BCUT2D eigenvalue weighted by Gasteiger charge is -2.34. The van der Waals surface area contributed by atoms with Gasteiger partial charge in [-0.1, -0.05) is 30.3 Å². The summed E-state index contributed by atoms with van der Waals surface area (Å²) in [6.07, 6.45) is 2.15. The molecule has 2 aromatic carbocycles. The van der Waals surface area contributed by atoms with Crippen molar-refractivity contribution >= 4 is 5.91 Å². The number of rotatable bonds is 7. The molecule has 2 heterocycles. The molecule has 30 heavy (non-hydrogen) atoms. The van der Waals surface area contributed by atoms with Crippen LogP contribution in [0.1, 0.15) is 18.2 Å². The lowest BCUT2D eigenvalue weighted by molar-refractivity contribution is -0.132. The lowest BCUT2D eigenvalue weighted by atomic mass is 10.1. The van der Waals surface area contributed by atoms with Crippen molar-refractivity contribution in [2.45, 2.75) is 19.9 Å². The van der Waals surface area contributed by atoms with Gasteiger partial charge < -0.3 is 14.1 Å². The zero-order chi connectivity index (χ0) is 20.8. The number of carbonyl (C=O) groups excluding carboxylic acids is 1. The Morgan fingerprint density at radius 2 is 1.77 bits per heavy atom. The number of amides is 1. The molecule has 0 N–H and O–H groups in total. The second-order valence-electron chi connectivity index (χ2n) is 7.42. The first kappa shape index (κ1) is 20.2. The maximum atomic E-state index is 12.7. The largest absolute Gasteiger partial charge is 0.494 e. The third kappa shape index (κ3) is 5.07. The van der Waals surface area contributed by atoms with Crippen molar-refractivity contribution in [1.82, 2.24) is 14.8 Å². The molecule has 1 fully saturated rings. The Labute approximate surface area is 177 Å². The molecule has 0 saturated carbocycles. The fourth-order valence-electron chi connectivity index (χ4n) is 3.63. The van der Waals surface area contributed by atoms with E-state index in [2.05, 4.69) is 9.88 Å². The molecule has 1 aliphatic rings. The Balaban J connectivity index is 1.25. The van der Waals surface area contributed by atoms with Crippen LogP contribution in [0.2, 0.25) is 0 Å². The van der Waals surface area contributed by atoms with Gasteiger partial charge in [-0.05, 0) is 36.8 Å². The highest BCUT2D eigenvalue weighted by Gasteiger charge is 2.22. The van der Waals surface area contributed by atoms with E-state index < -0.39 is 0 Å². The van der Waals surface area contributed by atoms with E-state index in [0.29, 0.717) is 18.9 Å². The van der Waals surface area contributed by atoms with Crippen molar-refractivity contribution in [2.24, 2.45) is 0 Å². The number of piperazine rings is 1. The van der Waals surface area contributed by atoms with Crippen molar-refractivity contribution < 1.29 is 13.9 Å². The fraction of sp³-hybridized carbons (Fsp3) is 0.333. The zero-order valence-electron chi connectivity index (χ0n) is 17.3. The van der Waals surface area contributed by atoms with E-state index >= 15 is 0 Å². The second-order valence-corrected chi connectivity index (χ2v) is 7.42. The zero-order valence-corrected chi connectivity index (χ0v) is 17.3. The van der Waals surface area contributed by atoms with Crippen molar-refractivity contribution in [2.75, 3.05) is 32.8 Å². The van der Waals surface area contributed by atoms with E-state index in [0.717, 1.165) is 55.3 Å². The molecule has 6 nitrogen and oxygen atoms in total. The predicted molar refractivity (Wildman–Crippen MR) is 115 cm³/mol. The summed E-state index contributed by atoms with van der Waals surface area (Å²) >= 11 is 0. The number of benzene rings is 2. The highest BCUT2D eigenvalue weighted by Crippen LogP contribution is 2.19. The third-order valence-electron chi connectivity index (χ3n) is 5.27.